The Kier molecular flexibility index (Phi) is 4.59. The van der Waals surface area contributed by atoms with Crippen molar-refractivity contribution in [2.75, 3.05) is 5.43 Å². The third-order valence-electron chi connectivity index (χ3n) is 2.71. The Morgan fingerprint density at radius 1 is 1.35 bits per heavy atom. The van der Waals surface area contributed by atoms with Gasteiger partial charge >= 0.3 is 0 Å². The highest BCUT2D eigenvalue weighted by Crippen LogP contribution is 2.24. The molecule has 0 radical (unpaired) electrons. The van der Waals surface area contributed by atoms with Gasteiger partial charge in [0.15, 0.2) is 0 Å². The third-order valence-corrected chi connectivity index (χ3v) is 4.22. The predicted octanol–water partition coefficient (Wildman–Crippen LogP) is 4.89. The van der Waals surface area contributed by atoms with Gasteiger partial charge in [0.2, 0.25) is 0 Å². The molecular weight excluding hydrogens is 322 g/mol. The van der Waals surface area contributed by atoms with Crippen molar-refractivity contribution >= 4 is 51.1 Å². The number of H-pyrrole nitrogens is 1. The van der Waals surface area contributed by atoms with Crippen LogP contribution in [0.2, 0.25) is 5.15 Å². The standard InChI is InChI=1S/C11H13BrClN3S/c12-8-6-9(10(13)14-11(8)17)16-15-7-4-2-1-3-5-7/h6,16H,1-5H2,(H,14,17). The van der Waals surface area contributed by atoms with Crippen molar-refractivity contribution in [1.82, 2.24) is 4.98 Å². The molecule has 2 rings (SSSR count). The molecule has 1 aliphatic rings. The van der Waals surface area contributed by atoms with Crippen LogP contribution in [0.25, 0.3) is 0 Å². The van der Waals surface area contributed by atoms with Crippen LogP contribution in [0.5, 0.6) is 0 Å². The van der Waals surface area contributed by atoms with Crippen LogP contribution >= 0.6 is 39.7 Å². The van der Waals surface area contributed by atoms with E-state index < -0.39 is 0 Å². The molecule has 0 bridgehead atoms. The number of pyridine rings is 1. The molecular formula is C11H13BrClN3S. The average Bonchev–Trinajstić information content (AvgIpc) is 2.33. The Balaban J connectivity index is 2.13. The van der Waals surface area contributed by atoms with Gasteiger partial charge in [-0.05, 0) is 47.7 Å². The first kappa shape index (κ1) is 13.1. The molecule has 0 aliphatic heterocycles. The first-order chi connectivity index (χ1) is 8.16. The molecule has 0 atom stereocenters. The molecule has 0 unspecified atom stereocenters. The molecule has 2 N–H and O–H groups in total. The minimum Gasteiger partial charge on any atom is -0.334 e. The zero-order valence-electron chi connectivity index (χ0n) is 9.22. The Bertz CT molecular complexity index is 490. The Morgan fingerprint density at radius 2 is 2.06 bits per heavy atom. The van der Waals surface area contributed by atoms with E-state index in [-0.39, 0.29) is 0 Å². The van der Waals surface area contributed by atoms with E-state index in [4.69, 9.17) is 23.8 Å². The maximum atomic E-state index is 6.04. The summed E-state index contributed by atoms with van der Waals surface area (Å²) in [6.07, 6.45) is 5.93. The van der Waals surface area contributed by atoms with Crippen LogP contribution in [-0.4, -0.2) is 10.7 Å². The summed E-state index contributed by atoms with van der Waals surface area (Å²) in [7, 11) is 0. The second-order valence-corrected chi connectivity index (χ2v) is 5.67. The van der Waals surface area contributed by atoms with Crippen molar-refractivity contribution in [3.8, 4) is 0 Å². The van der Waals surface area contributed by atoms with Crippen molar-refractivity contribution in [2.24, 2.45) is 5.10 Å². The van der Waals surface area contributed by atoms with Crippen molar-refractivity contribution in [2.45, 2.75) is 32.1 Å². The Morgan fingerprint density at radius 3 is 2.76 bits per heavy atom. The molecule has 92 valence electrons. The summed E-state index contributed by atoms with van der Waals surface area (Å²) in [5.74, 6) is 0. The second kappa shape index (κ2) is 5.98. The first-order valence-electron chi connectivity index (χ1n) is 5.56. The second-order valence-electron chi connectivity index (χ2n) is 4.02. The van der Waals surface area contributed by atoms with E-state index in [0.29, 0.717) is 9.79 Å². The van der Waals surface area contributed by atoms with E-state index in [1.165, 1.54) is 25.0 Å². The molecule has 0 spiro atoms. The highest BCUT2D eigenvalue weighted by Gasteiger charge is 2.07. The van der Waals surface area contributed by atoms with E-state index in [1.54, 1.807) is 0 Å². The molecule has 6 heteroatoms. The van der Waals surface area contributed by atoms with E-state index in [0.717, 1.165) is 23.0 Å². The van der Waals surface area contributed by atoms with Crippen molar-refractivity contribution < 1.29 is 0 Å². The number of hydrogen-bond donors (Lipinski definition) is 2. The molecule has 1 saturated carbocycles. The third kappa shape index (κ3) is 3.53. The van der Waals surface area contributed by atoms with Gasteiger partial charge in [-0.25, -0.2) is 0 Å². The highest BCUT2D eigenvalue weighted by molar-refractivity contribution is 9.10. The number of hydrogen-bond acceptors (Lipinski definition) is 3. The van der Waals surface area contributed by atoms with E-state index >= 15 is 0 Å². The van der Waals surface area contributed by atoms with Gasteiger partial charge in [0.25, 0.3) is 0 Å². The van der Waals surface area contributed by atoms with Crippen LogP contribution in [0.1, 0.15) is 32.1 Å². The lowest BCUT2D eigenvalue weighted by Crippen LogP contribution is -2.07. The fourth-order valence-electron chi connectivity index (χ4n) is 1.77. The minimum atomic E-state index is 0.485. The molecule has 3 nitrogen and oxygen atoms in total. The van der Waals surface area contributed by atoms with Gasteiger partial charge in [0, 0.05) is 5.71 Å². The van der Waals surface area contributed by atoms with E-state index in [2.05, 4.69) is 31.4 Å². The normalized spacial score (nSPS) is 15.8. The maximum absolute atomic E-state index is 6.04. The van der Waals surface area contributed by atoms with E-state index in [1.807, 2.05) is 6.07 Å². The van der Waals surface area contributed by atoms with Crippen LogP contribution < -0.4 is 5.43 Å². The summed E-state index contributed by atoms with van der Waals surface area (Å²) >= 11 is 14.5. The van der Waals surface area contributed by atoms with Gasteiger partial charge in [-0.2, -0.15) is 5.10 Å². The van der Waals surface area contributed by atoms with Crippen molar-refractivity contribution in [1.29, 1.82) is 0 Å². The summed E-state index contributed by atoms with van der Waals surface area (Å²) in [5.41, 5.74) is 4.95. The molecule has 0 aromatic carbocycles. The molecule has 17 heavy (non-hydrogen) atoms. The number of anilines is 1. The lowest BCUT2D eigenvalue weighted by Gasteiger charge is -2.13. The van der Waals surface area contributed by atoms with Crippen LogP contribution in [0.15, 0.2) is 15.6 Å². The Labute approximate surface area is 119 Å². The molecule has 0 amide bonds. The zero-order valence-corrected chi connectivity index (χ0v) is 12.4. The molecule has 0 saturated heterocycles. The first-order valence-corrected chi connectivity index (χ1v) is 7.14. The number of nitrogens with one attached hydrogen (secondary N) is 2. The predicted molar refractivity (Wildman–Crippen MR) is 78.5 cm³/mol. The van der Waals surface area contributed by atoms with Gasteiger partial charge in [-0.1, -0.05) is 30.2 Å². The van der Waals surface area contributed by atoms with Gasteiger partial charge in [0.1, 0.15) is 9.79 Å². The number of nitrogens with zero attached hydrogens (tertiary/aromatic N) is 1. The van der Waals surface area contributed by atoms with Crippen molar-refractivity contribution in [3.63, 3.8) is 0 Å². The molecule has 1 aliphatic carbocycles. The summed E-state index contributed by atoms with van der Waals surface area (Å²) in [5, 5.41) is 4.88. The quantitative estimate of drug-likeness (QED) is 0.459. The van der Waals surface area contributed by atoms with Crippen LogP contribution in [-0.2, 0) is 0 Å². The largest absolute Gasteiger partial charge is 0.334 e. The average molecular weight is 335 g/mol. The number of aromatic amines is 1. The van der Waals surface area contributed by atoms with Crippen molar-refractivity contribution in [3.05, 3.63) is 20.3 Å². The SMILES string of the molecule is S=c1[nH]c(Cl)c(NN=C2CCCCC2)cc1Br. The van der Waals surface area contributed by atoms with Crippen LogP contribution in [0, 0.1) is 4.64 Å². The van der Waals surface area contributed by atoms with Gasteiger partial charge < -0.3 is 4.98 Å². The highest BCUT2D eigenvalue weighted by atomic mass is 79.9. The topological polar surface area (TPSA) is 40.2 Å². The summed E-state index contributed by atoms with van der Waals surface area (Å²) in [6, 6.07) is 1.84. The number of halogens is 2. The monoisotopic (exact) mass is 333 g/mol. The number of aromatic nitrogens is 1. The molecule has 1 heterocycles. The molecule has 1 aromatic rings. The summed E-state index contributed by atoms with van der Waals surface area (Å²) < 4.78 is 1.40. The van der Waals surface area contributed by atoms with Crippen LogP contribution in [0.3, 0.4) is 0 Å². The van der Waals surface area contributed by atoms with E-state index in [9.17, 15) is 0 Å². The lowest BCUT2D eigenvalue weighted by molar-refractivity contribution is 0.665. The van der Waals surface area contributed by atoms with Gasteiger partial charge in [0.05, 0.1) is 10.2 Å². The smallest absolute Gasteiger partial charge is 0.132 e. The number of hydrazone groups is 1. The van der Waals surface area contributed by atoms with Gasteiger partial charge in [-0.3, -0.25) is 5.43 Å². The summed E-state index contributed by atoms with van der Waals surface area (Å²) in [4.78, 5) is 2.90. The number of rotatable bonds is 2. The molecule has 1 aromatic heterocycles. The fourth-order valence-corrected chi connectivity index (χ4v) is 2.51. The fraction of sp³-hybridized carbons (Fsp3) is 0.455. The maximum Gasteiger partial charge on any atom is 0.132 e. The lowest BCUT2D eigenvalue weighted by atomic mass is 9.99. The minimum absolute atomic E-state index is 0.485. The van der Waals surface area contributed by atoms with Crippen LogP contribution in [0.4, 0.5) is 5.69 Å². The van der Waals surface area contributed by atoms with Gasteiger partial charge in [-0.15, -0.1) is 0 Å². The molecule has 1 fully saturated rings. The summed E-state index contributed by atoms with van der Waals surface area (Å²) in [6.45, 7) is 0. The Hall–Kier alpha value is -0.390. The zero-order chi connectivity index (χ0) is 12.3.